The zero-order chi connectivity index (χ0) is 33.5. The second-order valence-electron chi connectivity index (χ2n) is 11.7. The first-order chi connectivity index (χ1) is 21.8. The van der Waals surface area contributed by atoms with E-state index in [1.54, 1.807) is 17.2 Å². The van der Waals surface area contributed by atoms with E-state index < -0.39 is 17.6 Å². The van der Waals surface area contributed by atoms with E-state index in [1.807, 2.05) is 23.7 Å². The van der Waals surface area contributed by atoms with Crippen LogP contribution in [0.4, 0.5) is 23.4 Å². The standard InChI is InChI=1S/C31H31ClF4N6O.C2H3N/c1-5-24(43)40-11-9-18(10-12-40)42-29-21-13-23(32)25(20-8-6-7-17(2)26(20)31(34,35)36)27(33)28(21)38-30(22(29)14-37-42)41-15-19(16-41)39(3)4;1-2-3/h5-8,13-14,18-19H,1,9-12,15-16H2,2-4H3;1H3. The highest BCUT2D eigenvalue weighted by molar-refractivity contribution is 6.35. The summed E-state index contributed by atoms with van der Waals surface area (Å²) in [6.45, 7) is 8.68. The molecule has 0 saturated carbocycles. The van der Waals surface area contributed by atoms with Crippen molar-refractivity contribution in [2.75, 3.05) is 45.2 Å². The Labute approximate surface area is 269 Å². The summed E-state index contributed by atoms with van der Waals surface area (Å²) >= 11 is 6.65. The number of aromatic nitrogens is 3. The molecule has 4 aromatic rings. The number of hydrogen-bond donors (Lipinski definition) is 0. The lowest BCUT2D eigenvalue weighted by atomic mass is 9.93. The van der Waals surface area contributed by atoms with Gasteiger partial charge in [0.1, 0.15) is 11.3 Å². The van der Waals surface area contributed by atoms with Gasteiger partial charge in [-0.15, -0.1) is 0 Å². The van der Waals surface area contributed by atoms with Crippen LogP contribution in [0.15, 0.2) is 43.1 Å². The molecule has 0 bridgehead atoms. The van der Waals surface area contributed by atoms with E-state index in [0.29, 0.717) is 61.1 Å². The number of carbonyl (C=O) groups excluding carboxylic acids is 1. The van der Waals surface area contributed by atoms with Crippen LogP contribution in [0, 0.1) is 24.1 Å². The number of likely N-dealkylation sites (tertiary alicyclic amines) is 1. The molecule has 2 saturated heterocycles. The number of carbonyl (C=O) groups is 1. The monoisotopic (exact) mass is 655 g/mol. The molecule has 0 N–H and O–H groups in total. The quantitative estimate of drug-likeness (QED) is 0.170. The van der Waals surface area contributed by atoms with Gasteiger partial charge in [0.2, 0.25) is 5.91 Å². The number of rotatable bonds is 5. The van der Waals surface area contributed by atoms with E-state index in [2.05, 4.69) is 11.5 Å². The number of nitriles is 1. The van der Waals surface area contributed by atoms with Crippen LogP contribution in [-0.2, 0) is 11.0 Å². The Kier molecular flexibility index (Phi) is 9.29. The van der Waals surface area contributed by atoms with E-state index in [-0.39, 0.29) is 45.2 Å². The zero-order valence-electron chi connectivity index (χ0n) is 26.0. The summed E-state index contributed by atoms with van der Waals surface area (Å²) in [7, 11) is 3.97. The molecule has 2 aliphatic heterocycles. The first-order valence-electron chi connectivity index (χ1n) is 14.8. The first kappa shape index (κ1) is 33.2. The fourth-order valence-electron chi connectivity index (χ4n) is 6.29. The van der Waals surface area contributed by atoms with Crippen LogP contribution < -0.4 is 4.90 Å². The number of piperidine rings is 1. The minimum absolute atomic E-state index is 0.0284. The highest BCUT2D eigenvalue weighted by atomic mass is 35.5. The molecule has 0 atom stereocenters. The molecule has 2 aromatic heterocycles. The van der Waals surface area contributed by atoms with Crippen molar-refractivity contribution in [3.8, 4) is 17.2 Å². The van der Waals surface area contributed by atoms with Crippen LogP contribution in [0.5, 0.6) is 0 Å². The summed E-state index contributed by atoms with van der Waals surface area (Å²) in [5.41, 5.74) is -1.07. The van der Waals surface area contributed by atoms with E-state index in [0.717, 1.165) is 0 Å². The molecule has 0 spiro atoms. The Bertz CT molecular complexity index is 1850. The molecule has 4 heterocycles. The molecule has 2 fully saturated rings. The summed E-state index contributed by atoms with van der Waals surface area (Å²) < 4.78 is 61.1. The second-order valence-corrected chi connectivity index (χ2v) is 12.1. The van der Waals surface area contributed by atoms with Crippen LogP contribution in [0.2, 0.25) is 5.02 Å². The molecular weight excluding hydrogens is 622 g/mol. The summed E-state index contributed by atoms with van der Waals surface area (Å²) in [4.78, 5) is 22.8. The van der Waals surface area contributed by atoms with Gasteiger partial charge in [0, 0.05) is 50.1 Å². The normalized spacial score (nSPS) is 15.9. The molecule has 46 heavy (non-hydrogen) atoms. The Morgan fingerprint density at radius 1 is 1.20 bits per heavy atom. The molecule has 1 amide bonds. The third-order valence-electron chi connectivity index (χ3n) is 8.72. The van der Waals surface area contributed by atoms with Crippen molar-refractivity contribution in [1.82, 2.24) is 24.6 Å². The molecule has 2 aromatic carbocycles. The van der Waals surface area contributed by atoms with Crippen molar-refractivity contribution in [3.63, 3.8) is 0 Å². The number of halogens is 5. The molecule has 6 rings (SSSR count). The van der Waals surface area contributed by atoms with Gasteiger partial charge in [0.15, 0.2) is 5.82 Å². The van der Waals surface area contributed by atoms with Crippen LogP contribution in [0.3, 0.4) is 0 Å². The van der Waals surface area contributed by atoms with E-state index in [9.17, 15) is 18.0 Å². The summed E-state index contributed by atoms with van der Waals surface area (Å²) in [6.07, 6.45) is -0.469. The van der Waals surface area contributed by atoms with E-state index in [1.165, 1.54) is 44.2 Å². The van der Waals surface area contributed by atoms with Crippen molar-refractivity contribution in [3.05, 3.63) is 65.1 Å². The summed E-state index contributed by atoms with van der Waals surface area (Å²) in [6, 6.07) is 7.49. The molecule has 0 aliphatic carbocycles. The highest BCUT2D eigenvalue weighted by Gasteiger charge is 2.38. The minimum Gasteiger partial charge on any atom is -0.353 e. The third-order valence-corrected chi connectivity index (χ3v) is 9.01. The van der Waals surface area contributed by atoms with Gasteiger partial charge in [0.25, 0.3) is 0 Å². The van der Waals surface area contributed by atoms with Gasteiger partial charge < -0.3 is 14.7 Å². The molecule has 242 valence electrons. The zero-order valence-corrected chi connectivity index (χ0v) is 26.8. The van der Waals surface area contributed by atoms with Gasteiger partial charge in [0.05, 0.1) is 39.8 Å². The average molecular weight is 656 g/mol. The SMILES string of the molecule is C=CC(=O)N1CCC(n2ncc3c(N4CC(N(C)C)C4)nc4c(F)c(-c5cccc(C)c5C(F)(F)F)c(Cl)cc4c32)CC1.CC#N. The lowest BCUT2D eigenvalue weighted by Crippen LogP contribution is -2.57. The average Bonchev–Trinajstić information content (AvgIpc) is 3.42. The van der Waals surface area contributed by atoms with Crippen LogP contribution >= 0.6 is 11.6 Å². The van der Waals surface area contributed by atoms with Gasteiger partial charge >= 0.3 is 6.18 Å². The highest BCUT2D eigenvalue weighted by Crippen LogP contribution is 2.46. The van der Waals surface area contributed by atoms with Crippen molar-refractivity contribution in [2.45, 2.75) is 44.9 Å². The number of anilines is 1. The number of pyridine rings is 1. The van der Waals surface area contributed by atoms with Crippen molar-refractivity contribution < 1.29 is 22.4 Å². The van der Waals surface area contributed by atoms with E-state index >= 15 is 4.39 Å². The lowest BCUT2D eigenvalue weighted by molar-refractivity contribution is -0.137. The predicted molar refractivity (Wildman–Crippen MR) is 171 cm³/mol. The number of alkyl halides is 3. The topological polar surface area (TPSA) is 81.3 Å². The maximum absolute atomic E-state index is 16.6. The third kappa shape index (κ3) is 5.89. The number of benzene rings is 2. The smallest absolute Gasteiger partial charge is 0.353 e. The van der Waals surface area contributed by atoms with Crippen molar-refractivity contribution >= 4 is 45.1 Å². The van der Waals surface area contributed by atoms with Crippen molar-refractivity contribution in [1.29, 1.82) is 5.26 Å². The molecular formula is C33H34ClF4N7O. The first-order valence-corrected chi connectivity index (χ1v) is 15.2. The number of aryl methyl sites for hydroxylation is 1. The number of likely N-dealkylation sites (N-methyl/N-ethyl adjacent to an activating group) is 1. The van der Waals surface area contributed by atoms with Crippen LogP contribution in [-0.4, -0.2) is 76.8 Å². The molecule has 2 aliphatic rings. The van der Waals surface area contributed by atoms with Crippen LogP contribution in [0.1, 0.15) is 36.9 Å². The lowest BCUT2D eigenvalue weighted by Gasteiger charge is -2.43. The number of fused-ring (bicyclic) bond motifs is 3. The molecule has 0 radical (unpaired) electrons. The number of amides is 1. The van der Waals surface area contributed by atoms with Gasteiger partial charge in [-0.25, -0.2) is 9.37 Å². The summed E-state index contributed by atoms with van der Waals surface area (Å²) in [5, 5.41) is 13.0. The maximum Gasteiger partial charge on any atom is 0.417 e. The molecule has 8 nitrogen and oxygen atoms in total. The molecule has 0 unspecified atom stereocenters. The Morgan fingerprint density at radius 2 is 1.85 bits per heavy atom. The van der Waals surface area contributed by atoms with Crippen LogP contribution in [0.25, 0.3) is 32.9 Å². The molecule has 13 heteroatoms. The fourth-order valence-corrected chi connectivity index (χ4v) is 6.58. The number of nitrogens with zero attached hydrogens (tertiary/aromatic N) is 7. The van der Waals surface area contributed by atoms with Gasteiger partial charge in [-0.2, -0.15) is 23.5 Å². The maximum atomic E-state index is 16.6. The van der Waals surface area contributed by atoms with Gasteiger partial charge in [-0.1, -0.05) is 36.4 Å². The predicted octanol–water partition coefficient (Wildman–Crippen LogP) is 7.00. The second kappa shape index (κ2) is 12.9. The van der Waals surface area contributed by atoms with Crippen molar-refractivity contribution in [2.24, 2.45) is 0 Å². The summed E-state index contributed by atoms with van der Waals surface area (Å²) in [5.74, 6) is -0.520. The van der Waals surface area contributed by atoms with Gasteiger partial charge in [-0.3, -0.25) is 9.48 Å². The van der Waals surface area contributed by atoms with Gasteiger partial charge in [-0.05, 0) is 57.1 Å². The Morgan fingerprint density at radius 3 is 2.43 bits per heavy atom. The minimum atomic E-state index is -4.72. The Hall–Kier alpha value is -4.21. The fraction of sp³-hybridized carbons (Fsp3) is 0.394. The Balaban J connectivity index is 0.00000134. The van der Waals surface area contributed by atoms with E-state index in [4.69, 9.17) is 26.9 Å². The largest absolute Gasteiger partial charge is 0.417 e. The number of hydrogen-bond acceptors (Lipinski definition) is 6.